The maximum absolute atomic E-state index is 12.8. The van der Waals surface area contributed by atoms with Crippen LogP contribution in [0.15, 0.2) is 23.6 Å². The Balaban J connectivity index is 1.53. The van der Waals surface area contributed by atoms with E-state index in [9.17, 15) is 4.79 Å². The minimum Gasteiger partial charge on any atom is -0.310 e. The molecule has 3 aromatic heterocycles. The Kier molecular flexibility index (Phi) is 5.19. The molecule has 8 heteroatoms. The molecule has 142 valence electrons. The monoisotopic (exact) mass is 401 g/mol. The number of nitrogens with zero attached hydrogens (tertiary/aromatic N) is 4. The van der Waals surface area contributed by atoms with Crippen LogP contribution in [0.4, 0.5) is 5.82 Å². The fraction of sp³-hybridized carbons (Fsp3) is 0.474. The number of carbonyl (C=O) groups excluding carboxylic acids is 1. The summed E-state index contributed by atoms with van der Waals surface area (Å²) >= 11 is 3.28. The molecule has 3 aromatic rings. The Hall–Kier alpha value is -1.93. The molecule has 0 aromatic carbocycles. The van der Waals surface area contributed by atoms with Crippen molar-refractivity contribution in [2.24, 2.45) is 0 Å². The van der Waals surface area contributed by atoms with Gasteiger partial charge in [-0.05, 0) is 45.1 Å². The molecule has 1 aliphatic rings. The number of hydrogen-bond acceptors (Lipinski definition) is 6. The minimum atomic E-state index is -0.264. The number of thiophene rings is 1. The van der Waals surface area contributed by atoms with Crippen LogP contribution in [0.5, 0.6) is 0 Å². The predicted molar refractivity (Wildman–Crippen MR) is 111 cm³/mol. The van der Waals surface area contributed by atoms with Crippen molar-refractivity contribution in [3.8, 4) is 0 Å². The number of aromatic nitrogens is 4. The second-order valence-corrected chi connectivity index (χ2v) is 9.30. The number of nitrogens with one attached hydrogen (secondary N) is 1. The molecule has 0 spiro atoms. The SMILES string of the molecule is CC[C@H](C)n1nccc1NC(=O)[C@@H](C)Sc1ncnc2sc3c(c12)CCC3. The average Bonchev–Trinajstić information content (AvgIpc) is 3.36. The maximum Gasteiger partial charge on any atom is 0.238 e. The van der Waals surface area contributed by atoms with Gasteiger partial charge in [0.1, 0.15) is 22.0 Å². The summed E-state index contributed by atoms with van der Waals surface area (Å²) in [6, 6.07) is 2.09. The molecule has 27 heavy (non-hydrogen) atoms. The predicted octanol–water partition coefficient (Wildman–Crippen LogP) is 4.47. The second kappa shape index (κ2) is 7.59. The molecule has 0 saturated heterocycles. The van der Waals surface area contributed by atoms with Gasteiger partial charge in [0.05, 0.1) is 17.5 Å². The van der Waals surface area contributed by atoms with Crippen LogP contribution < -0.4 is 5.32 Å². The third-order valence-corrected chi connectivity index (χ3v) is 7.35. The third-order valence-electron chi connectivity index (χ3n) is 5.05. The molecule has 0 fully saturated rings. The summed E-state index contributed by atoms with van der Waals surface area (Å²) in [4.78, 5) is 24.2. The number of aryl methyl sites for hydroxylation is 2. The number of carbonyl (C=O) groups is 1. The Morgan fingerprint density at radius 1 is 1.37 bits per heavy atom. The fourth-order valence-electron chi connectivity index (χ4n) is 3.38. The standard InChI is InChI=1S/C19H23N5OS2/c1-4-11(2)24-15(8-9-22-24)23-17(25)12(3)26-18-16-13-6-5-7-14(13)27-19(16)21-10-20-18/h8-12H,4-7H2,1-3H3,(H,23,25)/t11-,12+/m0/s1. The zero-order chi connectivity index (χ0) is 19.0. The van der Waals surface area contributed by atoms with Crippen molar-refractivity contribution in [2.45, 2.75) is 62.8 Å². The molecule has 1 amide bonds. The van der Waals surface area contributed by atoms with Gasteiger partial charge in [-0.3, -0.25) is 4.79 Å². The number of thioether (sulfide) groups is 1. The van der Waals surface area contributed by atoms with E-state index in [1.54, 1.807) is 23.9 Å². The van der Waals surface area contributed by atoms with Gasteiger partial charge >= 0.3 is 0 Å². The normalized spacial score (nSPS) is 15.7. The van der Waals surface area contributed by atoms with Crippen LogP contribution in [0.1, 0.15) is 50.1 Å². The van der Waals surface area contributed by atoms with Crippen molar-refractivity contribution in [3.05, 3.63) is 29.0 Å². The van der Waals surface area contributed by atoms with E-state index in [-0.39, 0.29) is 17.2 Å². The maximum atomic E-state index is 12.8. The van der Waals surface area contributed by atoms with Gasteiger partial charge in [-0.1, -0.05) is 18.7 Å². The zero-order valence-corrected chi connectivity index (χ0v) is 17.4. The van der Waals surface area contributed by atoms with Gasteiger partial charge < -0.3 is 5.32 Å². The average molecular weight is 402 g/mol. The molecule has 4 rings (SSSR count). The molecular weight excluding hydrogens is 378 g/mol. The summed E-state index contributed by atoms with van der Waals surface area (Å²) in [6.07, 6.45) is 7.71. The number of fused-ring (bicyclic) bond motifs is 3. The van der Waals surface area contributed by atoms with Crippen LogP contribution in [-0.4, -0.2) is 30.9 Å². The van der Waals surface area contributed by atoms with Crippen molar-refractivity contribution in [2.75, 3.05) is 5.32 Å². The number of amides is 1. The van der Waals surface area contributed by atoms with Crippen LogP contribution in [-0.2, 0) is 17.6 Å². The minimum absolute atomic E-state index is 0.0382. The second-order valence-electron chi connectivity index (χ2n) is 6.88. The molecule has 0 aliphatic heterocycles. The molecule has 0 radical (unpaired) electrons. The quantitative estimate of drug-likeness (QED) is 0.487. The molecule has 2 atom stereocenters. The topological polar surface area (TPSA) is 72.7 Å². The van der Waals surface area contributed by atoms with Gasteiger partial charge in [0.15, 0.2) is 0 Å². The van der Waals surface area contributed by atoms with Crippen LogP contribution >= 0.6 is 23.1 Å². The Morgan fingerprint density at radius 2 is 2.22 bits per heavy atom. The lowest BCUT2D eigenvalue weighted by Gasteiger charge is -2.16. The van der Waals surface area contributed by atoms with Gasteiger partial charge in [-0.25, -0.2) is 14.6 Å². The molecule has 0 saturated carbocycles. The highest BCUT2D eigenvalue weighted by Gasteiger charge is 2.24. The van der Waals surface area contributed by atoms with E-state index in [0.717, 1.165) is 40.3 Å². The van der Waals surface area contributed by atoms with Crippen LogP contribution in [0.25, 0.3) is 10.2 Å². The van der Waals surface area contributed by atoms with E-state index in [1.165, 1.54) is 28.6 Å². The van der Waals surface area contributed by atoms with E-state index < -0.39 is 0 Å². The smallest absolute Gasteiger partial charge is 0.238 e. The van der Waals surface area contributed by atoms with Gasteiger partial charge in [-0.15, -0.1) is 11.3 Å². The lowest BCUT2D eigenvalue weighted by molar-refractivity contribution is -0.115. The Morgan fingerprint density at radius 3 is 3.04 bits per heavy atom. The lowest BCUT2D eigenvalue weighted by atomic mass is 10.2. The van der Waals surface area contributed by atoms with Gasteiger partial charge in [0.25, 0.3) is 0 Å². The number of hydrogen-bond donors (Lipinski definition) is 1. The highest BCUT2D eigenvalue weighted by Crippen LogP contribution is 2.40. The molecule has 0 bridgehead atoms. The van der Waals surface area contributed by atoms with Crippen LogP contribution in [0.3, 0.4) is 0 Å². The van der Waals surface area contributed by atoms with Gasteiger partial charge in [0.2, 0.25) is 5.91 Å². The van der Waals surface area contributed by atoms with Gasteiger partial charge in [-0.2, -0.15) is 5.10 Å². The van der Waals surface area contributed by atoms with Crippen molar-refractivity contribution in [1.29, 1.82) is 0 Å². The molecule has 0 unspecified atom stereocenters. The van der Waals surface area contributed by atoms with Crippen molar-refractivity contribution >= 4 is 45.0 Å². The van der Waals surface area contributed by atoms with Gasteiger partial charge in [0, 0.05) is 16.3 Å². The fourth-order valence-corrected chi connectivity index (χ4v) is 5.62. The molecule has 3 heterocycles. The summed E-state index contributed by atoms with van der Waals surface area (Å²) in [5.74, 6) is 0.703. The van der Waals surface area contributed by atoms with E-state index in [1.807, 2.05) is 17.7 Å². The van der Waals surface area contributed by atoms with Crippen LogP contribution in [0.2, 0.25) is 0 Å². The van der Waals surface area contributed by atoms with Crippen molar-refractivity contribution in [1.82, 2.24) is 19.7 Å². The summed E-state index contributed by atoms with van der Waals surface area (Å²) in [5.41, 5.74) is 1.39. The molecule has 1 aliphatic carbocycles. The van der Waals surface area contributed by atoms with E-state index in [4.69, 9.17) is 0 Å². The molecule has 6 nitrogen and oxygen atoms in total. The highest BCUT2D eigenvalue weighted by atomic mass is 32.2. The summed E-state index contributed by atoms with van der Waals surface area (Å²) < 4.78 is 1.87. The largest absolute Gasteiger partial charge is 0.310 e. The summed E-state index contributed by atoms with van der Waals surface area (Å²) in [5, 5.41) is 9.16. The van der Waals surface area contributed by atoms with Crippen LogP contribution in [0, 0.1) is 0 Å². The lowest BCUT2D eigenvalue weighted by Crippen LogP contribution is -2.25. The van der Waals surface area contributed by atoms with E-state index >= 15 is 0 Å². The molecule has 1 N–H and O–H groups in total. The first kappa shape index (κ1) is 18.4. The van der Waals surface area contributed by atoms with Crippen molar-refractivity contribution < 1.29 is 4.79 Å². The zero-order valence-electron chi connectivity index (χ0n) is 15.7. The molecular formula is C19H23N5OS2. The Labute approximate surface area is 166 Å². The first-order valence-electron chi connectivity index (χ1n) is 9.34. The Bertz CT molecular complexity index is 980. The first-order valence-corrected chi connectivity index (χ1v) is 11.0. The third kappa shape index (κ3) is 3.48. The number of anilines is 1. The number of rotatable bonds is 6. The first-order chi connectivity index (χ1) is 13.1. The van der Waals surface area contributed by atoms with Crippen molar-refractivity contribution in [3.63, 3.8) is 0 Å². The summed E-state index contributed by atoms with van der Waals surface area (Å²) in [7, 11) is 0. The summed E-state index contributed by atoms with van der Waals surface area (Å²) in [6.45, 7) is 6.12. The van der Waals surface area contributed by atoms with E-state index in [2.05, 4.69) is 34.2 Å². The van der Waals surface area contributed by atoms with E-state index in [0.29, 0.717) is 0 Å². The highest BCUT2D eigenvalue weighted by molar-refractivity contribution is 8.00.